The van der Waals surface area contributed by atoms with Gasteiger partial charge in [-0.3, -0.25) is 14.4 Å². The number of hydrogen-bond acceptors (Lipinski definition) is 6. The molecule has 0 aromatic heterocycles. The third kappa shape index (κ3) is 4.77. The van der Waals surface area contributed by atoms with Gasteiger partial charge in [0.1, 0.15) is 0 Å². The Morgan fingerprint density at radius 3 is 2.44 bits per heavy atom. The molecule has 0 saturated heterocycles. The number of halogens is 1. The first kappa shape index (κ1) is 18.7. The minimum atomic E-state index is -0.569. The molecule has 1 aliphatic rings. The number of esters is 1. The van der Waals surface area contributed by atoms with Crippen LogP contribution in [0.3, 0.4) is 0 Å². The number of benzene rings is 2. The molecular formula is C19H16ClNO6. The van der Waals surface area contributed by atoms with Gasteiger partial charge in [0.15, 0.2) is 23.9 Å². The third-order valence-corrected chi connectivity index (χ3v) is 4.04. The first-order chi connectivity index (χ1) is 12.9. The van der Waals surface area contributed by atoms with Crippen LogP contribution in [0, 0.1) is 0 Å². The van der Waals surface area contributed by atoms with E-state index in [1.54, 1.807) is 24.3 Å². The third-order valence-electron chi connectivity index (χ3n) is 3.79. The molecule has 2 aromatic carbocycles. The maximum Gasteiger partial charge on any atom is 0.310 e. The number of nitrogens with one attached hydrogen (secondary N) is 1. The number of anilines is 1. The lowest BCUT2D eigenvalue weighted by Gasteiger charge is -2.11. The van der Waals surface area contributed by atoms with Gasteiger partial charge in [0, 0.05) is 16.7 Å². The molecule has 3 rings (SSSR count). The fourth-order valence-electron chi connectivity index (χ4n) is 2.49. The highest BCUT2D eigenvalue weighted by Gasteiger charge is 2.20. The van der Waals surface area contributed by atoms with Gasteiger partial charge >= 0.3 is 5.97 Å². The van der Waals surface area contributed by atoms with Crippen molar-refractivity contribution in [2.75, 3.05) is 18.7 Å². The van der Waals surface area contributed by atoms with Crippen molar-refractivity contribution in [1.29, 1.82) is 0 Å². The predicted molar refractivity (Wildman–Crippen MR) is 97.3 cm³/mol. The first-order valence-corrected chi connectivity index (χ1v) is 8.44. The Morgan fingerprint density at radius 1 is 1.11 bits per heavy atom. The standard InChI is InChI=1S/C19H16ClNO6/c1-11(22)14-7-16-17(27-10-26-16)8-15(14)21-18(23)9-25-19(24)6-12-2-4-13(20)5-3-12/h2-5,7-8H,6,9-10H2,1H3,(H,21,23). The number of carbonyl (C=O) groups is 3. The molecule has 8 heteroatoms. The van der Waals surface area contributed by atoms with Gasteiger partial charge in [-0.1, -0.05) is 23.7 Å². The van der Waals surface area contributed by atoms with Crippen LogP contribution in [0.4, 0.5) is 5.69 Å². The quantitative estimate of drug-likeness (QED) is 0.603. The van der Waals surface area contributed by atoms with Gasteiger partial charge in [0.2, 0.25) is 6.79 Å². The zero-order chi connectivity index (χ0) is 19.4. The van der Waals surface area contributed by atoms with Crippen molar-refractivity contribution in [3.63, 3.8) is 0 Å². The highest BCUT2D eigenvalue weighted by Crippen LogP contribution is 2.37. The van der Waals surface area contributed by atoms with Crippen molar-refractivity contribution in [3.8, 4) is 11.5 Å². The second-order valence-electron chi connectivity index (χ2n) is 5.82. The Labute approximate surface area is 160 Å². The molecule has 140 valence electrons. The summed E-state index contributed by atoms with van der Waals surface area (Å²) in [6.07, 6.45) is 0.0210. The summed E-state index contributed by atoms with van der Waals surface area (Å²) in [5.74, 6) is -0.503. The van der Waals surface area contributed by atoms with E-state index in [0.29, 0.717) is 16.5 Å². The van der Waals surface area contributed by atoms with E-state index in [1.807, 2.05) is 0 Å². The fourth-order valence-corrected chi connectivity index (χ4v) is 2.61. The molecule has 27 heavy (non-hydrogen) atoms. The zero-order valence-corrected chi connectivity index (χ0v) is 15.2. The zero-order valence-electron chi connectivity index (χ0n) is 14.4. The van der Waals surface area contributed by atoms with Crippen molar-refractivity contribution in [1.82, 2.24) is 0 Å². The minimum absolute atomic E-state index is 0.0210. The number of carbonyl (C=O) groups excluding carboxylic acids is 3. The molecule has 0 radical (unpaired) electrons. The fraction of sp³-hybridized carbons (Fsp3) is 0.211. The van der Waals surface area contributed by atoms with Crippen LogP contribution in [0.5, 0.6) is 11.5 Å². The summed E-state index contributed by atoms with van der Waals surface area (Å²) in [5.41, 5.74) is 1.27. The summed E-state index contributed by atoms with van der Waals surface area (Å²) in [6, 6.07) is 9.75. The Bertz CT molecular complexity index is 894. The van der Waals surface area contributed by atoms with Crippen molar-refractivity contribution >= 4 is 34.9 Å². The SMILES string of the molecule is CC(=O)c1cc2c(cc1NC(=O)COC(=O)Cc1ccc(Cl)cc1)OCO2. The van der Waals surface area contributed by atoms with Gasteiger partial charge in [-0.05, 0) is 30.7 Å². The Morgan fingerprint density at radius 2 is 1.78 bits per heavy atom. The maximum absolute atomic E-state index is 12.1. The molecule has 2 aromatic rings. The average Bonchev–Trinajstić information content (AvgIpc) is 3.08. The molecule has 0 unspecified atom stereocenters. The van der Waals surface area contributed by atoms with E-state index in [4.69, 9.17) is 25.8 Å². The molecule has 1 heterocycles. The van der Waals surface area contributed by atoms with Gasteiger partial charge < -0.3 is 19.5 Å². The second kappa shape index (κ2) is 8.09. The molecule has 0 fully saturated rings. The largest absolute Gasteiger partial charge is 0.455 e. The first-order valence-electron chi connectivity index (χ1n) is 8.07. The lowest BCUT2D eigenvalue weighted by atomic mass is 10.1. The van der Waals surface area contributed by atoms with Crippen LogP contribution in [0.2, 0.25) is 5.02 Å². The summed E-state index contributed by atoms with van der Waals surface area (Å²) in [6.45, 7) is 0.948. The molecule has 0 atom stereocenters. The van der Waals surface area contributed by atoms with Gasteiger partial charge in [0.05, 0.1) is 12.1 Å². The van der Waals surface area contributed by atoms with Crippen LogP contribution in [0.15, 0.2) is 36.4 Å². The van der Waals surface area contributed by atoms with E-state index >= 15 is 0 Å². The van der Waals surface area contributed by atoms with Gasteiger partial charge in [-0.25, -0.2) is 0 Å². The van der Waals surface area contributed by atoms with Crippen molar-refractivity contribution < 1.29 is 28.6 Å². The van der Waals surface area contributed by atoms with Gasteiger partial charge in [0.25, 0.3) is 5.91 Å². The van der Waals surface area contributed by atoms with Crippen molar-refractivity contribution in [3.05, 3.63) is 52.5 Å². The van der Waals surface area contributed by atoms with E-state index in [-0.39, 0.29) is 30.2 Å². The number of ether oxygens (including phenoxy) is 3. The summed E-state index contributed by atoms with van der Waals surface area (Å²) in [7, 11) is 0. The number of hydrogen-bond donors (Lipinski definition) is 1. The Balaban J connectivity index is 1.58. The molecule has 1 N–H and O–H groups in total. The topological polar surface area (TPSA) is 90.9 Å². The highest BCUT2D eigenvalue weighted by atomic mass is 35.5. The normalized spacial score (nSPS) is 11.8. The lowest BCUT2D eigenvalue weighted by molar-refractivity contribution is -0.146. The van der Waals surface area contributed by atoms with E-state index in [0.717, 1.165) is 5.56 Å². The Hall–Kier alpha value is -3.06. The number of rotatable bonds is 6. The highest BCUT2D eigenvalue weighted by molar-refractivity contribution is 6.30. The summed E-state index contributed by atoms with van der Waals surface area (Å²) < 4.78 is 15.5. The van der Waals surface area contributed by atoms with Gasteiger partial charge in [-0.2, -0.15) is 0 Å². The summed E-state index contributed by atoms with van der Waals surface area (Å²) in [5, 5.41) is 3.12. The monoisotopic (exact) mass is 389 g/mol. The van der Waals surface area contributed by atoms with Crippen LogP contribution in [-0.2, 0) is 20.7 Å². The molecule has 0 spiro atoms. The van der Waals surface area contributed by atoms with E-state index in [1.165, 1.54) is 19.1 Å². The Kier molecular flexibility index (Phi) is 5.61. The predicted octanol–water partition coefficient (Wildman–Crippen LogP) is 3.00. The maximum atomic E-state index is 12.1. The number of amides is 1. The molecule has 1 aliphatic heterocycles. The van der Waals surface area contributed by atoms with Crippen LogP contribution in [0.1, 0.15) is 22.8 Å². The van der Waals surface area contributed by atoms with Gasteiger partial charge in [-0.15, -0.1) is 0 Å². The van der Waals surface area contributed by atoms with Crippen LogP contribution in [-0.4, -0.2) is 31.1 Å². The van der Waals surface area contributed by atoms with E-state index < -0.39 is 18.5 Å². The minimum Gasteiger partial charge on any atom is -0.455 e. The van der Waals surface area contributed by atoms with Crippen molar-refractivity contribution in [2.45, 2.75) is 13.3 Å². The summed E-state index contributed by atoms with van der Waals surface area (Å²) >= 11 is 5.79. The molecule has 1 amide bonds. The average molecular weight is 390 g/mol. The molecule has 7 nitrogen and oxygen atoms in total. The van der Waals surface area contributed by atoms with E-state index in [9.17, 15) is 14.4 Å². The molecular weight excluding hydrogens is 374 g/mol. The van der Waals surface area contributed by atoms with Crippen molar-refractivity contribution in [2.24, 2.45) is 0 Å². The number of fused-ring (bicyclic) bond motifs is 1. The number of Topliss-reactive ketones (excluding diaryl/α,β-unsaturated/α-hetero) is 1. The molecule has 0 bridgehead atoms. The second-order valence-corrected chi connectivity index (χ2v) is 6.26. The van der Waals surface area contributed by atoms with Crippen LogP contribution in [0.25, 0.3) is 0 Å². The van der Waals surface area contributed by atoms with E-state index in [2.05, 4.69) is 5.32 Å². The smallest absolute Gasteiger partial charge is 0.310 e. The number of ketones is 1. The molecule has 0 saturated carbocycles. The summed E-state index contributed by atoms with van der Waals surface area (Å²) in [4.78, 5) is 35.8. The lowest BCUT2D eigenvalue weighted by Crippen LogP contribution is -2.22. The van der Waals surface area contributed by atoms with Crippen LogP contribution < -0.4 is 14.8 Å². The molecule has 0 aliphatic carbocycles. The van der Waals surface area contributed by atoms with Crippen LogP contribution >= 0.6 is 11.6 Å².